The van der Waals surface area contributed by atoms with Crippen molar-refractivity contribution >= 4 is 10.8 Å². The highest BCUT2D eigenvalue weighted by molar-refractivity contribution is 7.85. The first-order chi connectivity index (χ1) is 12.8. The van der Waals surface area contributed by atoms with Crippen molar-refractivity contribution < 1.29 is 14.4 Å². The van der Waals surface area contributed by atoms with Crippen molar-refractivity contribution in [2.45, 2.75) is 70.8 Å². The first-order valence-electron chi connectivity index (χ1n) is 10.2. The molecular weight excluding hydrogens is 356 g/mol. The summed E-state index contributed by atoms with van der Waals surface area (Å²) >= 11 is 0. The maximum Gasteiger partial charge on any atom is 0.0689 e. The number of benzene rings is 1. The predicted octanol–water partition coefficient (Wildman–Crippen LogP) is 4.95. The zero-order valence-electron chi connectivity index (χ0n) is 17.4. The molecule has 2 unspecified atom stereocenters. The summed E-state index contributed by atoms with van der Waals surface area (Å²) in [5.74, 6) is 1.35. The van der Waals surface area contributed by atoms with Crippen LogP contribution in [-0.4, -0.2) is 32.9 Å². The van der Waals surface area contributed by atoms with E-state index in [1.165, 1.54) is 5.57 Å². The lowest BCUT2D eigenvalue weighted by atomic mass is 9.85. The minimum atomic E-state index is -1.16. The topological polar surface area (TPSA) is 57.5 Å². The number of hydrogen-bond donors (Lipinski definition) is 2. The van der Waals surface area contributed by atoms with Gasteiger partial charge < -0.3 is 10.2 Å². The van der Waals surface area contributed by atoms with Gasteiger partial charge in [-0.15, -0.1) is 0 Å². The molecule has 1 aromatic rings. The Kier molecular flexibility index (Phi) is 11.8. The van der Waals surface area contributed by atoms with E-state index < -0.39 is 16.9 Å². The molecule has 0 aromatic heterocycles. The van der Waals surface area contributed by atoms with Crippen molar-refractivity contribution in [1.82, 2.24) is 0 Å². The van der Waals surface area contributed by atoms with Crippen LogP contribution in [-0.2, 0) is 10.8 Å². The Hall–Kier alpha value is -0.970. The number of hydrogen-bond acceptors (Lipinski definition) is 3. The molecule has 0 saturated carbocycles. The second kappa shape index (κ2) is 13.2. The van der Waals surface area contributed by atoms with Crippen molar-refractivity contribution in [1.29, 1.82) is 0 Å². The van der Waals surface area contributed by atoms with E-state index in [2.05, 4.69) is 33.8 Å². The minimum absolute atomic E-state index is 0.148. The van der Waals surface area contributed by atoms with Crippen LogP contribution < -0.4 is 0 Å². The van der Waals surface area contributed by atoms with Gasteiger partial charge in [-0.2, -0.15) is 0 Å². The lowest BCUT2D eigenvalue weighted by Crippen LogP contribution is -2.30. The molecule has 0 spiro atoms. The van der Waals surface area contributed by atoms with E-state index >= 15 is 0 Å². The number of allylic oxidation sites excluding steroid dienone is 2. The average molecular weight is 395 g/mol. The summed E-state index contributed by atoms with van der Waals surface area (Å²) in [5, 5.41) is 19.7. The Morgan fingerprint density at radius 2 is 1.78 bits per heavy atom. The van der Waals surface area contributed by atoms with Gasteiger partial charge in [-0.25, -0.2) is 0 Å². The van der Waals surface area contributed by atoms with Gasteiger partial charge in [0, 0.05) is 11.5 Å². The molecule has 0 fully saturated rings. The fourth-order valence-electron chi connectivity index (χ4n) is 3.39. The Bertz CT molecular complexity index is 568. The molecule has 0 radical (unpaired) electrons. The fourth-order valence-corrected chi connectivity index (χ4v) is 4.60. The summed E-state index contributed by atoms with van der Waals surface area (Å²) in [4.78, 5) is 0.784. The van der Waals surface area contributed by atoms with Crippen LogP contribution in [0, 0.1) is 17.8 Å². The quantitative estimate of drug-likeness (QED) is 0.465. The lowest BCUT2D eigenvalue weighted by Gasteiger charge is -2.26. The van der Waals surface area contributed by atoms with E-state index in [1.807, 2.05) is 30.3 Å². The number of aliphatic hydroxyl groups is 2. The molecule has 3 nitrogen and oxygen atoms in total. The normalized spacial score (nSPS) is 16.9. The molecule has 0 aliphatic heterocycles. The lowest BCUT2D eigenvalue weighted by molar-refractivity contribution is 0.0953. The Morgan fingerprint density at radius 3 is 2.37 bits per heavy atom. The van der Waals surface area contributed by atoms with Gasteiger partial charge >= 0.3 is 0 Å². The monoisotopic (exact) mass is 394 g/mol. The Morgan fingerprint density at radius 1 is 1.11 bits per heavy atom. The second-order valence-corrected chi connectivity index (χ2v) is 9.58. The maximum atomic E-state index is 12.5. The number of rotatable bonds is 13. The largest absolute Gasteiger partial charge is 0.396 e. The predicted molar refractivity (Wildman–Crippen MR) is 115 cm³/mol. The van der Waals surface area contributed by atoms with E-state index in [0.29, 0.717) is 17.6 Å². The summed E-state index contributed by atoms with van der Waals surface area (Å²) in [6, 6.07) is 9.40. The molecule has 0 amide bonds. The van der Waals surface area contributed by atoms with Crippen LogP contribution in [0.2, 0.25) is 0 Å². The molecule has 154 valence electrons. The van der Waals surface area contributed by atoms with Crippen molar-refractivity contribution in [3.05, 3.63) is 42.0 Å². The number of aliphatic hydroxyl groups excluding tert-OH is 2. The molecule has 27 heavy (non-hydrogen) atoms. The van der Waals surface area contributed by atoms with Gasteiger partial charge in [0.2, 0.25) is 0 Å². The second-order valence-electron chi connectivity index (χ2n) is 8.08. The Labute approximate surface area is 168 Å². The van der Waals surface area contributed by atoms with Crippen LogP contribution >= 0.6 is 0 Å². The summed E-state index contributed by atoms with van der Waals surface area (Å²) < 4.78 is 12.5. The molecule has 4 atom stereocenters. The van der Waals surface area contributed by atoms with Gasteiger partial charge in [0.15, 0.2) is 0 Å². The Balaban J connectivity index is 2.51. The molecule has 1 rings (SSSR count). The highest BCUT2D eigenvalue weighted by atomic mass is 32.2. The third-order valence-corrected chi connectivity index (χ3v) is 6.77. The van der Waals surface area contributed by atoms with E-state index in [9.17, 15) is 9.32 Å². The van der Waals surface area contributed by atoms with Gasteiger partial charge in [-0.05, 0) is 68.9 Å². The molecule has 0 bridgehead atoms. The molecule has 0 aliphatic carbocycles. The fraction of sp³-hybridized carbons (Fsp3) is 0.652. The molecule has 1 aromatic carbocycles. The molecule has 2 N–H and O–H groups in total. The van der Waals surface area contributed by atoms with Crippen molar-refractivity contribution in [2.24, 2.45) is 17.8 Å². The maximum absolute atomic E-state index is 12.5. The molecule has 0 heterocycles. The smallest absolute Gasteiger partial charge is 0.0689 e. The van der Waals surface area contributed by atoms with E-state index in [1.54, 1.807) is 0 Å². The van der Waals surface area contributed by atoms with Gasteiger partial charge in [0.1, 0.15) is 0 Å². The minimum Gasteiger partial charge on any atom is -0.396 e. The zero-order chi connectivity index (χ0) is 20.2. The van der Waals surface area contributed by atoms with Crippen LogP contribution in [0.4, 0.5) is 0 Å². The van der Waals surface area contributed by atoms with Gasteiger partial charge in [0.05, 0.1) is 22.7 Å². The summed E-state index contributed by atoms with van der Waals surface area (Å²) in [6.45, 7) is 8.87. The van der Waals surface area contributed by atoms with Crippen LogP contribution in [0.5, 0.6) is 0 Å². The highest BCUT2D eigenvalue weighted by Gasteiger charge is 2.24. The third-order valence-electron chi connectivity index (χ3n) is 5.32. The van der Waals surface area contributed by atoms with E-state index in [0.717, 1.165) is 37.0 Å². The highest BCUT2D eigenvalue weighted by Crippen LogP contribution is 2.25. The van der Waals surface area contributed by atoms with Crippen molar-refractivity contribution in [3.63, 3.8) is 0 Å². The SMILES string of the molecule is C/C(=C\CC[C@H](C)CCO)CC[C@@H](C(C)C)C(O)CS(=O)c1ccccc1. The summed E-state index contributed by atoms with van der Waals surface area (Å²) in [7, 11) is -1.16. The molecular formula is C23H38O3S. The van der Waals surface area contributed by atoms with E-state index in [4.69, 9.17) is 5.11 Å². The third kappa shape index (κ3) is 9.68. The standard InChI is InChI=1S/C23H38O3S/c1-18(2)22(14-13-19(3)9-8-10-20(4)15-16-24)23(25)17-27(26)21-11-6-5-7-12-21/h5-7,9,11-12,18,20,22-25H,8,10,13-17H2,1-4H3/b19-9+/t20-,22-,23?,27?/m0/s1. The van der Waals surface area contributed by atoms with Gasteiger partial charge in [0.25, 0.3) is 0 Å². The van der Waals surface area contributed by atoms with Crippen LogP contribution in [0.1, 0.15) is 59.8 Å². The van der Waals surface area contributed by atoms with Crippen LogP contribution in [0.3, 0.4) is 0 Å². The molecule has 0 saturated heterocycles. The van der Waals surface area contributed by atoms with Crippen molar-refractivity contribution in [3.8, 4) is 0 Å². The summed E-state index contributed by atoms with van der Waals surface area (Å²) in [6.07, 6.45) is 6.63. The van der Waals surface area contributed by atoms with Gasteiger partial charge in [-0.1, -0.05) is 50.6 Å². The molecule has 0 aliphatic rings. The first kappa shape index (κ1) is 24.1. The zero-order valence-corrected chi connectivity index (χ0v) is 18.3. The van der Waals surface area contributed by atoms with E-state index in [-0.39, 0.29) is 12.5 Å². The molecule has 4 heteroatoms. The summed E-state index contributed by atoms with van der Waals surface area (Å²) in [5.41, 5.74) is 1.35. The van der Waals surface area contributed by atoms with Crippen molar-refractivity contribution in [2.75, 3.05) is 12.4 Å². The van der Waals surface area contributed by atoms with Gasteiger partial charge in [-0.3, -0.25) is 4.21 Å². The average Bonchev–Trinajstić information content (AvgIpc) is 2.62. The van der Waals surface area contributed by atoms with Crippen LogP contribution in [0.15, 0.2) is 46.9 Å². The first-order valence-corrected chi connectivity index (χ1v) is 11.5. The van der Waals surface area contributed by atoms with Crippen LogP contribution in [0.25, 0.3) is 0 Å².